The van der Waals surface area contributed by atoms with Crippen LogP contribution in [0.2, 0.25) is 0 Å². The summed E-state index contributed by atoms with van der Waals surface area (Å²) in [4.78, 5) is 23.3. The predicted molar refractivity (Wildman–Crippen MR) is 67.6 cm³/mol. The van der Waals surface area contributed by atoms with E-state index in [0.29, 0.717) is 10.0 Å². The molecular weight excluding hydrogens is 286 g/mol. The van der Waals surface area contributed by atoms with Gasteiger partial charge in [-0.2, -0.15) is 0 Å². The summed E-state index contributed by atoms with van der Waals surface area (Å²) in [5, 5.41) is 9.10. The predicted octanol–water partition coefficient (Wildman–Crippen LogP) is 2.73. The molecule has 0 spiro atoms. The molecule has 1 heterocycles. The van der Waals surface area contributed by atoms with Gasteiger partial charge < -0.3 is 9.67 Å². The van der Waals surface area contributed by atoms with Crippen LogP contribution in [0.25, 0.3) is 0 Å². The number of aromatic carboxylic acids is 1. The van der Waals surface area contributed by atoms with E-state index >= 15 is 0 Å². The fourth-order valence-electron chi connectivity index (χ4n) is 2.39. The number of carboxylic acid groups (broad SMARTS) is 1. The summed E-state index contributed by atoms with van der Waals surface area (Å²) in [5.74, 6) is -1.15. The largest absolute Gasteiger partial charge is 0.477 e. The number of carboxylic acids is 1. The second kappa shape index (κ2) is 4.64. The van der Waals surface area contributed by atoms with Crippen LogP contribution in [-0.4, -0.2) is 15.6 Å². The van der Waals surface area contributed by atoms with E-state index in [0.717, 1.165) is 25.7 Å². The highest BCUT2D eigenvalue weighted by molar-refractivity contribution is 9.10. The number of halogens is 1. The quantitative estimate of drug-likeness (QED) is 0.913. The van der Waals surface area contributed by atoms with Crippen LogP contribution in [-0.2, 0) is 0 Å². The van der Waals surface area contributed by atoms with Gasteiger partial charge in [-0.25, -0.2) is 4.79 Å². The van der Waals surface area contributed by atoms with Gasteiger partial charge in [-0.15, -0.1) is 0 Å². The molecule has 1 aromatic heterocycles. The van der Waals surface area contributed by atoms with Crippen LogP contribution in [0.3, 0.4) is 0 Å². The van der Waals surface area contributed by atoms with Crippen LogP contribution in [0.15, 0.2) is 15.5 Å². The third-order valence-corrected chi connectivity index (χ3v) is 4.17. The highest BCUT2D eigenvalue weighted by atomic mass is 79.9. The molecule has 0 amide bonds. The summed E-state index contributed by atoms with van der Waals surface area (Å²) < 4.78 is 2.26. The lowest BCUT2D eigenvalue weighted by Gasteiger charge is -2.16. The zero-order chi connectivity index (χ0) is 12.6. The van der Waals surface area contributed by atoms with Crippen LogP contribution in [0.5, 0.6) is 0 Å². The van der Waals surface area contributed by atoms with Crippen LogP contribution in [0.1, 0.15) is 47.6 Å². The van der Waals surface area contributed by atoms with Crippen molar-refractivity contribution in [2.75, 3.05) is 0 Å². The van der Waals surface area contributed by atoms with Crippen molar-refractivity contribution < 1.29 is 9.90 Å². The van der Waals surface area contributed by atoms with E-state index in [1.807, 2.05) is 0 Å². The van der Waals surface area contributed by atoms with Gasteiger partial charge in [-0.05, 0) is 41.3 Å². The Morgan fingerprint density at radius 3 is 2.59 bits per heavy atom. The lowest BCUT2D eigenvalue weighted by molar-refractivity contribution is 0.0693. The molecule has 0 unspecified atom stereocenters. The molecule has 1 saturated carbocycles. The summed E-state index contributed by atoms with van der Waals surface area (Å²) in [6, 6.07) is 0.150. The number of aromatic nitrogens is 1. The Kier molecular flexibility index (Phi) is 3.38. The van der Waals surface area contributed by atoms with Crippen molar-refractivity contribution in [1.82, 2.24) is 4.57 Å². The third kappa shape index (κ3) is 2.16. The zero-order valence-electron chi connectivity index (χ0n) is 9.57. The van der Waals surface area contributed by atoms with Crippen LogP contribution in [0, 0.1) is 6.92 Å². The topological polar surface area (TPSA) is 59.3 Å². The van der Waals surface area contributed by atoms with Crippen molar-refractivity contribution in [2.45, 2.75) is 38.6 Å². The Morgan fingerprint density at radius 2 is 2.06 bits per heavy atom. The fraction of sp³-hybridized carbons (Fsp3) is 0.500. The molecule has 92 valence electrons. The second-order valence-corrected chi connectivity index (χ2v) is 5.29. The minimum absolute atomic E-state index is 0.119. The minimum atomic E-state index is -1.15. The van der Waals surface area contributed by atoms with Crippen molar-refractivity contribution in [3.8, 4) is 0 Å². The third-order valence-electron chi connectivity index (χ3n) is 3.37. The van der Waals surface area contributed by atoms with Gasteiger partial charge in [-0.1, -0.05) is 12.8 Å². The summed E-state index contributed by atoms with van der Waals surface area (Å²) in [5.41, 5.74) is -0.00637. The Hall–Kier alpha value is -1.10. The molecule has 0 aliphatic heterocycles. The zero-order valence-corrected chi connectivity index (χ0v) is 11.2. The Bertz CT molecular complexity index is 515. The molecule has 2 rings (SSSR count). The lowest BCUT2D eigenvalue weighted by atomic mass is 10.1. The molecule has 1 N–H and O–H groups in total. The SMILES string of the molecule is Cc1c(Br)cn(C2CCCC2)c(=O)c1C(=O)O. The monoisotopic (exact) mass is 299 g/mol. The van der Waals surface area contributed by atoms with Crippen molar-refractivity contribution in [1.29, 1.82) is 0 Å². The number of hydrogen-bond acceptors (Lipinski definition) is 2. The molecule has 0 bridgehead atoms. The fourth-order valence-corrected chi connectivity index (χ4v) is 2.81. The van der Waals surface area contributed by atoms with Gasteiger partial charge in [0.05, 0.1) is 0 Å². The summed E-state index contributed by atoms with van der Waals surface area (Å²) in [6.45, 7) is 1.65. The normalized spacial score (nSPS) is 16.4. The summed E-state index contributed by atoms with van der Waals surface area (Å²) in [7, 11) is 0. The van der Waals surface area contributed by atoms with Gasteiger partial charge in [0, 0.05) is 16.7 Å². The molecule has 0 aromatic carbocycles. The van der Waals surface area contributed by atoms with E-state index < -0.39 is 5.97 Å². The van der Waals surface area contributed by atoms with Gasteiger partial charge in [-0.3, -0.25) is 4.79 Å². The van der Waals surface area contributed by atoms with E-state index in [9.17, 15) is 9.59 Å². The summed E-state index contributed by atoms with van der Waals surface area (Å²) >= 11 is 3.32. The van der Waals surface area contributed by atoms with E-state index in [1.54, 1.807) is 17.7 Å². The van der Waals surface area contributed by atoms with E-state index in [-0.39, 0.29) is 17.2 Å². The molecule has 0 atom stereocenters. The number of hydrogen-bond donors (Lipinski definition) is 1. The van der Waals surface area contributed by atoms with Crippen molar-refractivity contribution in [3.63, 3.8) is 0 Å². The number of nitrogens with zero attached hydrogens (tertiary/aromatic N) is 1. The smallest absolute Gasteiger partial charge is 0.341 e. The number of rotatable bonds is 2. The van der Waals surface area contributed by atoms with E-state index in [1.165, 1.54) is 0 Å². The van der Waals surface area contributed by atoms with E-state index in [2.05, 4.69) is 15.9 Å². The maximum atomic E-state index is 12.1. The molecule has 1 aliphatic carbocycles. The molecule has 0 radical (unpaired) electrons. The Labute approximate surface area is 107 Å². The average Bonchev–Trinajstić information content (AvgIpc) is 2.76. The molecule has 0 saturated heterocycles. The number of pyridine rings is 1. The van der Waals surface area contributed by atoms with Gasteiger partial charge in [0.2, 0.25) is 0 Å². The van der Waals surface area contributed by atoms with Gasteiger partial charge in [0.25, 0.3) is 5.56 Å². The highest BCUT2D eigenvalue weighted by Crippen LogP contribution is 2.29. The first kappa shape index (κ1) is 12.4. The second-order valence-electron chi connectivity index (χ2n) is 4.43. The standard InChI is InChI=1S/C12H14BrNO3/c1-7-9(13)6-14(8-4-2-3-5-8)11(15)10(7)12(16)17/h6,8H,2-5H2,1H3,(H,16,17). The first-order valence-corrected chi connectivity index (χ1v) is 6.46. The van der Waals surface area contributed by atoms with Crippen molar-refractivity contribution >= 4 is 21.9 Å². The van der Waals surface area contributed by atoms with Crippen LogP contribution < -0.4 is 5.56 Å². The van der Waals surface area contributed by atoms with Crippen molar-refractivity contribution in [3.05, 3.63) is 32.2 Å². The minimum Gasteiger partial charge on any atom is -0.477 e. The molecular formula is C12H14BrNO3. The van der Waals surface area contributed by atoms with Gasteiger partial charge in [0.15, 0.2) is 0 Å². The van der Waals surface area contributed by atoms with Crippen LogP contribution >= 0.6 is 15.9 Å². The number of carbonyl (C=O) groups is 1. The first-order valence-electron chi connectivity index (χ1n) is 5.67. The average molecular weight is 300 g/mol. The van der Waals surface area contributed by atoms with Crippen molar-refractivity contribution in [2.24, 2.45) is 0 Å². The maximum absolute atomic E-state index is 12.1. The molecule has 17 heavy (non-hydrogen) atoms. The lowest BCUT2D eigenvalue weighted by Crippen LogP contribution is -2.29. The molecule has 1 fully saturated rings. The summed E-state index contributed by atoms with van der Waals surface area (Å²) in [6.07, 6.45) is 5.83. The maximum Gasteiger partial charge on any atom is 0.341 e. The first-order chi connectivity index (χ1) is 8.02. The van der Waals surface area contributed by atoms with Gasteiger partial charge in [0.1, 0.15) is 5.56 Å². The molecule has 5 heteroatoms. The van der Waals surface area contributed by atoms with E-state index in [4.69, 9.17) is 5.11 Å². The molecule has 4 nitrogen and oxygen atoms in total. The van der Waals surface area contributed by atoms with Gasteiger partial charge >= 0.3 is 5.97 Å². The molecule has 1 aromatic rings. The van der Waals surface area contributed by atoms with Crippen LogP contribution in [0.4, 0.5) is 0 Å². The Balaban J connectivity index is 2.61. The highest BCUT2D eigenvalue weighted by Gasteiger charge is 2.23. The molecule has 1 aliphatic rings. The Morgan fingerprint density at radius 1 is 1.47 bits per heavy atom.